The topological polar surface area (TPSA) is 152 Å². The minimum absolute atomic E-state index is 0.0128. The summed E-state index contributed by atoms with van der Waals surface area (Å²) in [5, 5.41) is 33.1. The van der Waals surface area contributed by atoms with Crippen molar-refractivity contribution in [3.8, 4) is 11.5 Å². The number of benzene rings is 2. The molecule has 1 unspecified atom stereocenters. The molecule has 0 amide bonds. The molecule has 0 bridgehead atoms. The summed E-state index contributed by atoms with van der Waals surface area (Å²) in [6, 6.07) is 10.1. The summed E-state index contributed by atoms with van der Waals surface area (Å²) in [6.07, 6.45) is 2.30. The van der Waals surface area contributed by atoms with Gasteiger partial charge < -0.3 is 21.1 Å². The second kappa shape index (κ2) is 11.5. The van der Waals surface area contributed by atoms with Crippen LogP contribution in [0, 0.1) is 5.92 Å². The molecule has 1 atom stereocenters. The van der Waals surface area contributed by atoms with Crippen molar-refractivity contribution in [1.29, 1.82) is 0 Å². The first-order chi connectivity index (χ1) is 17.1. The minimum atomic E-state index is -0.759. The van der Waals surface area contributed by atoms with Crippen LogP contribution in [0.1, 0.15) is 81.9 Å². The number of aromatic hydroxyl groups is 2. The molecule has 3 aromatic rings. The van der Waals surface area contributed by atoms with E-state index in [1.807, 2.05) is 19.1 Å². The zero-order valence-electron chi connectivity index (χ0n) is 22.6. The maximum atomic E-state index is 11.7. The average molecular weight is 511 g/mol. The lowest BCUT2D eigenvalue weighted by Crippen LogP contribution is -2.20. The molecular weight excluding hydrogens is 472 g/mol. The smallest absolute Gasteiger partial charge is 0.306 e. The molecule has 0 aliphatic heterocycles. The molecule has 0 fully saturated rings. The number of nitrogen functional groups attached to an aromatic ring is 1. The van der Waals surface area contributed by atoms with Crippen molar-refractivity contribution < 1.29 is 24.9 Å². The van der Waals surface area contributed by atoms with Gasteiger partial charge in [-0.15, -0.1) is 5.10 Å². The zero-order chi connectivity index (χ0) is 28.1. The van der Waals surface area contributed by atoms with Crippen LogP contribution < -0.4 is 5.73 Å². The van der Waals surface area contributed by atoms with Crippen molar-refractivity contribution in [3.05, 3.63) is 65.0 Å². The summed E-state index contributed by atoms with van der Waals surface area (Å²) in [5.74, 6) is -1.37. The number of carbonyl (C=O) groups is 2. The first-order valence-electron chi connectivity index (χ1n) is 12.2. The fraction of sp³-hybridized carbons (Fsp3) is 0.429. The van der Waals surface area contributed by atoms with Crippen LogP contribution >= 0.6 is 0 Å². The van der Waals surface area contributed by atoms with Gasteiger partial charge in [0.15, 0.2) is 0 Å². The van der Waals surface area contributed by atoms with Gasteiger partial charge >= 0.3 is 5.97 Å². The number of para-hydroxylation sites is 1. The van der Waals surface area contributed by atoms with Gasteiger partial charge in [0, 0.05) is 0 Å². The van der Waals surface area contributed by atoms with E-state index in [1.165, 1.54) is 18.5 Å². The first-order valence-corrected chi connectivity index (χ1v) is 12.2. The number of carbonyl (C=O) groups excluding carboxylic acids is 1. The highest BCUT2D eigenvalue weighted by Crippen LogP contribution is 2.40. The number of aliphatic carboxylic acids is 1. The molecule has 0 aliphatic rings. The van der Waals surface area contributed by atoms with Gasteiger partial charge in [0.2, 0.25) is 5.95 Å². The number of hydrogen-bond donors (Lipinski definition) is 4. The molecular formula is C28H38N4O5. The molecule has 1 aromatic heterocycles. The summed E-state index contributed by atoms with van der Waals surface area (Å²) < 4.78 is 0.977. The second-order valence-corrected chi connectivity index (χ2v) is 11.1. The minimum Gasteiger partial charge on any atom is -0.507 e. The molecule has 0 spiro atoms. The number of aromatic nitrogens is 3. The number of hydrogen-bond acceptors (Lipinski definition) is 7. The highest BCUT2D eigenvalue weighted by molar-refractivity contribution is 5.97. The lowest BCUT2D eigenvalue weighted by molar-refractivity contribution is -0.141. The van der Waals surface area contributed by atoms with Crippen LogP contribution in [-0.2, 0) is 22.0 Å². The number of carboxylic acid groups (broad SMARTS) is 1. The molecule has 0 saturated carbocycles. The zero-order valence-corrected chi connectivity index (χ0v) is 22.6. The number of phenols is 2. The number of carboxylic acids is 1. The van der Waals surface area contributed by atoms with E-state index in [9.17, 15) is 24.9 Å². The molecule has 3 rings (SSSR count). The largest absolute Gasteiger partial charge is 0.507 e. The van der Waals surface area contributed by atoms with E-state index in [-0.39, 0.29) is 34.0 Å². The Bertz CT molecular complexity index is 1220. The summed E-state index contributed by atoms with van der Waals surface area (Å²) in [6.45, 7) is 14.3. The van der Waals surface area contributed by atoms with Crippen LogP contribution in [0.15, 0.2) is 42.7 Å². The monoisotopic (exact) mass is 510 g/mol. The number of phenolic OH excluding ortho intramolecular Hbond substituents is 2. The van der Waals surface area contributed by atoms with Crippen molar-refractivity contribution in [2.24, 2.45) is 5.92 Å². The molecule has 0 saturated heterocycles. The van der Waals surface area contributed by atoms with Crippen LogP contribution in [0.4, 0.5) is 5.95 Å². The fourth-order valence-electron chi connectivity index (χ4n) is 3.80. The van der Waals surface area contributed by atoms with Gasteiger partial charge in [-0.1, -0.05) is 72.7 Å². The molecule has 0 radical (unpaired) electrons. The Morgan fingerprint density at radius 3 is 1.95 bits per heavy atom. The van der Waals surface area contributed by atoms with E-state index in [1.54, 1.807) is 12.1 Å². The molecule has 5 N–H and O–H groups in total. The average Bonchev–Trinajstić information content (AvgIpc) is 3.23. The van der Waals surface area contributed by atoms with Gasteiger partial charge in [-0.25, -0.2) is 4.98 Å². The Labute approximate surface area is 218 Å². The van der Waals surface area contributed by atoms with Gasteiger partial charge in [0.25, 0.3) is 5.91 Å². The predicted molar refractivity (Wildman–Crippen MR) is 143 cm³/mol. The molecule has 37 heavy (non-hydrogen) atoms. The van der Waals surface area contributed by atoms with E-state index < -0.39 is 11.9 Å². The number of nitrogens with two attached hydrogens (primary N) is 1. The van der Waals surface area contributed by atoms with Gasteiger partial charge in [0.05, 0.1) is 11.5 Å². The Morgan fingerprint density at radius 1 is 1.00 bits per heavy atom. The summed E-state index contributed by atoms with van der Waals surface area (Å²) in [5.41, 5.74) is 7.81. The first kappa shape index (κ1) is 29.4. The van der Waals surface area contributed by atoms with Gasteiger partial charge in [-0.05, 0) is 52.5 Å². The molecule has 0 aliphatic carbocycles. The third kappa shape index (κ3) is 7.55. The summed E-state index contributed by atoms with van der Waals surface area (Å²) >= 11 is 0. The predicted octanol–water partition coefficient (Wildman–Crippen LogP) is 4.89. The van der Waals surface area contributed by atoms with Crippen LogP contribution in [0.25, 0.3) is 0 Å². The quantitative estimate of drug-likeness (QED) is 0.378. The fourth-order valence-corrected chi connectivity index (χ4v) is 3.80. The number of anilines is 1. The third-order valence-electron chi connectivity index (χ3n) is 5.96. The van der Waals surface area contributed by atoms with E-state index in [0.717, 1.165) is 21.4 Å². The Kier molecular flexibility index (Phi) is 9.08. The van der Waals surface area contributed by atoms with Crippen LogP contribution in [0.3, 0.4) is 0 Å². The van der Waals surface area contributed by atoms with Gasteiger partial charge in [0.1, 0.15) is 17.8 Å². The highest BCUT2D eigenvalue weighted by atomic mass is 16.4. The van der Waals surface area contributed by atoms with Crippen molar-refractivity contribution in [2.75, 3.05) is 5.73 Å². The molecule has 1 heterocycles. The third-order valence-corrected chi connectivity index (χ3v) is 5.96. The Morgan fingerprint density at radius 2 is 1.54 bits per heavy atom. The van der Waals surface area contributed by atoms with Crippen molar-refractivity contribution >= 4 is 17.8 Å². The van der Waals surface area contributed by atoms with Crippen LogP contribution in [0.2, 0.25) is 0 Å². The lowest BCUT2D eigenvalue weighted by Gasteiger charge is -2.28. The lowest BCUT2D eigenvalue weighted by atomic mass is 9.77. The highest BCUT2D eigenvalue weighted by Gasteiger charge is 2.27. The number of rotatable bonds is 5. The van der Waals surface area contributed by atoms with Gasteiger partial charge in [-0.3, -0.25) is 9.59 Å². The van der Waals surface area contributed by atoms with Crippen molar-refractivity contribution in [3.63, 3.8) is 0 Å². The molecule has 9 heteroatoms. The van der Waals surface area contributed by atoms with Crippen LogP contribution in [-0.4, -0.2) is 42.0 Å². The second-order valence-electron chi connectivity index (χ2n) is 11.1. The molecule has 9 nitrogen and oxygen atoms in total. The molecule has 200 valence electrons. The van der Waals surface area contributed by atoms with Crippen LogP contribution in [0.5, 0.6) is 11.5 Å². The standard InChI is InChI=1S/C19H30O3.C9H8N4O2/c1-8-13(17(21)22)9-12-10-14(18(2,3)4)16(20)15(11-12)19(5,6)7;10-9-11-5-13(12-9)8(15)6-3-1-2-4-7(6)14/h10-11,13,20H,8-9H2,1-7H3,(H,21,22);1-5,14H,(H2,10,12). The van der Waals surface area contributed by atoms with E-state index in [4.69, 9.17) is 5.73 Å². The van der Waals surface area contributed by atoms with E-state index >= 15 is 0 Å². The van der Waals surface area contributed by atoms with Crippen molar-refractivity contribution in [2.45, 2.75) is 72.1 Å². The van der Waals surface area contributed by atoms with Gasteiger partial charge in [-0.2, -0.15) is 4.68 Å². The molecule has 2 aromatic carbocycles. The number of nitrogens with zero attached hydrogens (tertiary/aromatic N) is 3. The van der Waals surface area contributed by atoms with Crippen molar-refractivity contribution in [1.82, 2.24) is 14.8 Å². The maximum absolute atomic E-state index is 11.7. The van der Waals surface area contributed by atoms with E-state index in [0.29, 0.717) is 18.6 Å². The Balaban J connectivity index is 0.000000278. The SMILES string of the molecule is CCC(Cc1cc(C(C)(C)C)c(O)c(C(C)(C)C)c1)C(=O)O.Nc1ncn(C(=O)c2ccccc2O)n1. The maximum Gasteiger partial charge on any atom is 0.306 e. The van der Waals surface area contributed by atoms with E-state index in [2.05, 4.69) is 51.6 Å². The summed E-state index contributed by atoms with van der Waals surface area (Å²) in [4.78, 5) is 26.7. The normalized spacial score (nSPS) is 12.4. The summed E-state index contributed by atoms with van der Waals surface area (Å²) in [7, 11) is 0. The Hall–Kier alpha value is -3.88.